The molecule has 0 radical (unpaired) electrons. The van der Waals surface area contributed by atoms with Crippen LogP contribution in [0.15, 0.2) is 40.9 Å². The fourth-order valence-electron chi connectivity index (χ4n) is 2.22. The molecule has 0 fully saturated rings. The predicted octanol–water partition coefficient (Wildman–Crippen LogP) is 4.10. The molecule has 0 atom stereocenters. The lowest BCUT2D eigenvalue weighted by Gasteiger charge is -2.15. The summed E-state index contributed by atoms with van der Waals surface area (Å²) in [7, 11) is 3.17. The first-order chi connectivity index (χ1) is 11.0. The fraction of sp³-hybridized carbons (Fsp3) is 0.235. The van der Waals surface area contributed by atoms with Crippen LogP contribution in [0.4, 0.5) is 10.5 Å². The summed E-state index contributed by atoms with van der Waals surface area (Å²) in [5, 5.41) is 5.65. The number of methoxy groups -OCH3 is 2. The third-order valence-electron chi connectivity index (χ3n) is 3.35. The number of hydrogen-bond donors (Lipinski definition) is 2. The molecule has 0 unspecified atom stereocenters. The topological polar surface area (TPSA) is 59.6 Å². The minimum absolute atomic E-state index is 0.306. The molecule has 0 bridgehead atoms. The van der Waals surface area contributed by atoms with E-state index in [9.17, 15) is 4.79 Å². The SMILES string of the molecule is COc1ccccc1CNC(=O)Nc1c(C)cc(Br)cc1OC. The molecule has 0 aliphatic heterocycles. The Morgan fingerprint density at radius 3 is 2.52 bits per heavy atom. The normalized spacial score (nSPS) is 10.1. The predicted molar refractivity (Wildman–Crippen MR) is 94.3 cm³/mol. The quantitative estimate of drug-likeness (QED) is 0.823. The second kappa shape index (κ2) is 7.87. The number of para-hydroxylation sites is 1. The molecule has 122 valence electrons. The smallest absolute Gasteiger partial charge is 0.319 e. The van der Waals surface area contributed by atoms with Crippen LogP contribution in [-0.2, 0) is 6.54 Å². The van der Waals surface area contributed by atoms with Crippen molar-refractivity contribution in [1.29, 1.82) is 0 Å². The maximum atomic E-state index is 12.2. The Morgan fingerprint density at radius 2 is 1.83 bits per heavy atom. The van der Waals surface area contributed by atoms with Gasteiger partial charge in [-0.05, 0) is 30.7 Å². The fourth-order valence-corrected chi connectivity index (χ4v) is 2.77. The molecule has 0 spiro atoms. The number of hydrogen-bond acceptors (Lipinski definition) is 3. The first-order valence-corrected chi connectivity index (χ1v) is 7.85. The van der Waals surface area contributed by atoms with Crippen molar-refractivity contribution in [3.05, 3.63) is 52.0 Å². The van der Waals surface area contributed by atoms with Crippen LogP contribution in [0.1, 0.15) is 11.1 Å². The van der Waals surface area contributed by atoms with Gasteiger partial charge in [0.05, 0.1) is 19.9 Å². The van der Waals surface area contributed by atoms with Gasteiger partial charge in [0.25, 0.3) is 0 Å². The van der Waals surface area contributed by atoms with E-state index in [0.29, 0.717) is 18.0 Å². The highest BCUT2D eigenvalue weighted by atomic mass is 79.9. The van der Waals surface area contributed by atoms with Crippen LogP contribution in [0, 0.1) is 6.92 Å². The molecule has 2 rings (SSSR count). The number of rotatable bonds is 5. The number of urea groups is 1. The number of ether oxygens (including phenoxy) is 2. The average molecular weight is 379 g/mol. The van der Waals surface area contributed by atoms with E-state index >= 15 is 0 Å². The van der Waals surface area contributed by atoms with Crippen molar-refractivity contribution >= 4 is 27.6 Å². The number of amides is 2. The van der Waals surface area contributed by atoms with E-state index in [4.69, 9.17) is 9.47 Å². The Hall–Kier alpha value is -2.21. The number of carbonyl (C=O) groups excluding carboxylic acids is 1. The molecule has 6 heteroatoms. The highest BCUT2D eigenvalue weighted by molar-refractivity contribution is 9.10. The molecule has 0 aliphatic carbocycles. The molecule has 2 N–H and O–H groups in total. The molecule has 0 saturated heterocycles. The zero-order valence-corrected chi connectivity index (χ0v) is 14.9. The zero-order valence-electron chi connectivity index (χ0n) is 13.3. The summed E-state index contributed by atoms with van der Waals surface area (Å²) in [4.78, 5) is 12.2. The van der Waals surface area contributed by atoms with Crippen molar-refractivity contribution < 1.29 is 14.3 Å². The highest BCUT2D eigenvalue weighted by Gasteiger charge is 2.12. The summed E-state index contributed by atoms with van der Waals surface area (Å²) in [6.07, 6.45) is 0. The number of aryl methyl sites for hydroxylation is 1. The summed E-state index contributed by atoms with van der Waals surface area (Å²) < 4.78 is 11.5. The van der Waals surface area contributed by atoms with Crippen LogP contribution in [0.3, 0.4) is 0 Å². The van der Waals surface area contributed by atoms with Gasteiger partial charge in [-0.1, -0.05) is 34.1 Å². The van der Waals surface area contributed by atoms with Gasteiger partial charge in [0.2, 0.25) is 0 Å². The largest absolute Gasteiger partial charge is 0.496 e. The van der Waals surface area contributed by atoms with E-state index in [1.807, 2.05) is 43.3 Å². The standard InChI is InChI=1S/C17H19BrN2O3/c1-11-8-13(18)9-15(23-3)16(11)20-17(21)19-10-12-6-4-5-7-14(12)22-2/h4-9H,10H2,1-3H3,(H2,19,20,21). The number of halogens is 1. The molecule has 0 heterocycles. The minimum atomic E-state index is -0.306. The van der Waals surface area contributed by atoms with E-state index < -0.39 is 0 Å². The Morgan fingerprint density at radius 1 is 1.13 bits per heavy atom. The van der Waals surface area contributed by atoms with E-state index in [1.165, 1.54) is 0 Å². The summed E-state index contributed by atoms with van der Waals surface area (Å²) in [5.74, 6) is 1.34. The Bertz CT molecular complexity index is 704. The maximum Gasteiger partial charge on any atom is 0.319 e. The van der Waals surface area contributed by atoms with Crippen LogP contribution in [0.25, 0.3) is 0 Å². The van der Waals surface area contributed by atoms with Crippen LogP contribution < -0.4 is 20.1 Å². The molecule has 5 nitrogen and oxygen atoms in total. The monoisotopic (exact) mass is 378 g/mol. The Balaban J connectivity index is 2.06. The second-order valence-corrected chi connectivity index (χ2v) is 5.84. The van der Waals surface area contributed by atoms with E-state index in [2.05, 4.69) is 26.6 Å². The van der Waals surface area contributed by atoms with Crippen molar-refractivity contribution in [1.82, 2.24) is 5.32 Å². The molecule has 0 aromatic heterocycles. The van der Waals surface area contributed by atoms with Gasteiger partial charge in [-0.2, -0.15) is 0 Å². The van der Waals surface area contributed by atoms with Crippen LogP contribution in [0.2, 0.25) is 0 Å². The van der Waals surface area contributed by atoms with Crippen molar-refractivity contribution in [2.45, 2.75) is 13.5 Å². The third-order valence-corrected chi connectivity index (χ3v) is 3.81. The maximum absolute atomic E-state index is 12.2. The van der Waals surface area contributed by atoms with Gasteiger partial charge in [-0.25, -0.2) is 4.79 Å². The van der Waals surface area contributed by atoms with E-state index in [1.54, 1.807) is 14.2 Å². The Kier molecular flexibility index (Phi) is 5.87. The lowest BCUT2D eigenvalue weighted by atomic mass is 10.2. The van der Waals surface area contributed by atoms with Crippen molar-refractivity contribution in [3.8, 4) is 11.5 Å². The van der Waals surface area contributed by atoms with Crippen molar-refractivity contribution in [3.63, 3.8) is 0 Å². The highest BCUT2D eigenvalue weighted by Crippen LogP contribution is 2.32. The number of nitrogens with one attached hydrogen (secondary N) is 2. The molecular weight excluding hydrogens is 360 g/mol. The molecule has 2 aromatic rings. The first kappa shape index (κ1) is 17.1. The summed E-state index contributed by atoms with van der Waals surface area (Å²) in [6.45, 7) is 2.27. The van der Waals surface area contributed by atoms with Crippen LogP contribution in [0.5, 0.6) is 11.5 Å². The molecule has 0 saturated carbocycles. The molecule has 23 heavy (non-hydrogen) atoms. The van der Waals surface area contributed by atoms with Crippen LogP contribution >= 0.6 is 15.9 Å². The Labute approximate surface area is 144 Å². The van der Waals surface area contributed by atoms with Gasteiger partial charge < -0.3 is 20.1 Å². The van der Waals surface area contributed by atoms with Crippen LogP contribution in [-0.4, -0.2) is 20.3 Å². The summed E-state index contributed by atoms with van der Waals surface area (Å²) in [6, 6.07) is 11.0. The molecule has 0 aliphatic rings. The van der Waals surface area contributed by atoms with Crippen molar-refractivity contribution in [2.24, 2.45) is 0 Å². The van der Waals surface area contributed by atoms with Gasteiger partial charge in [0.1, 0.15) is 11.5 Å². The van der Waals surface area contributed by atoms with Gasteiger partial charge >= 0.3 is 6.03 Å². The number of anilines is 1. The summed E-state index contributed by atoms with van der Waals surface area (Å²) in [5.41, 5.74) is 2.46. The van der Waals surface area contributed by atoms with Gasteiger partial charge in [0.15, 0.2) is 0 Å². The van der Waals surface area contributed by atoms with Crippen molar-refractivity contribution in [2.75, 3.05) is 19.5 Å². The molecule has 2 aromatic carbocycles. The second-order valence-electron chi connectivity index (χ2n) is 4.92. The van der Waals surface area contributed by atoms with E-state index in [0.717, 1.165) is 21.3 Å². The minimum Gasteiger partial charge on any atom is -0.496 e. The summed E-state index contributed by atoms with van der Waals surface area (Å²) >= 11 is 3.41. The number of benzene rings is 2. The lowest BCUT2D eigenvalue weighted by Crippen LogP contribution is -2.28. The average Bonchev–Trinajstić information content (AvgIpc) is 2.55. The zero-order chi connectivity index (χ0) is 16.8. The third kappa shape index (κ3) is 4.39. The molecule has 2 amide bonds. The lowest BCUT2D eigenvalue weighted by molar-refractivity contribution is 0.251. The van der Waals surface area contributed by atoms with Gasteiger partial charge in [-0.15, -0.1) is 0 Å². The van der Waals surface area contributed by atoms with E-state index in [-0.39, 0.29) is 6.03 Å². The van der Waals surface area contributed by atoms with Gasteiger partial charge in [-0.3, -0.25) is 0 Å². The molecular formula is C17H19BrN2O3. The number of carbonyl (C=O) groups is 1. The first-order valence-electron chi connectivity index (χ1n) is 7.06. The van der Waals surface area contributed by atoms with Gasteiger partial charge in [0, 0.05) is 16.6 Å².